The van der Waals surface area contributed by atoms with Gasteiger partial charge in [0, 0.05) is 12.6 Å². The molecule has 0 unspecified atom stereocenters. The molecule has 0 radical (unpaired) electrons. The Hall–Kier alpha value is -2.87. The summed E-state index contributed by atoms with van der Waals surface area (Å²) in [5.74, 6) is -1.92. The fraction of sp³-hybridized carbons (Fsp3) is 0.125. The van der Waals surface area contributed by atoms with Crippen LogP contribution in [0.25, 0.3) is 0 Å². The van der Waals surface area contributed by atoms with Crippen molar-refractivity contribution < 1.29 is 24.6 Å². The lowest BCUT2D eigenvalue weighted by Crippen LogP contribution is -2.31. The molecule has 1 aromatic heterocycles. The number of benzene rings is 1. The van der Waals surface area contributed by atoms with E-state index in [-0.39, 0.29) is 28.7 Å². The molecule has 122 valence electrons. The molecule has 2 N–H and O–H groups in total. The highest BCUT2D eigenvalue weighted by Gasteiger charge is 2.40. The van der Waals surface area contributed by atoms with Crippen molar-refractivity contribution in [1.29, 1.82) is 0 Å². The highest BCUT2D eigenvalue weighted by atomic mass is 32.2. The maximum absolute atomic E-state index is 12.5. The number of imide groups is 1. The van der Waals surface area contributed by atoms with Gasteiger partial charge in [-0.1, -0.05) is 11.8 Å². The van der Waals surface area contributed by atoms with E-state index < -0.39 is 17.1 Å². The van der Waals surface area contributed by atoms with Gasteiger partial charge in [0.1, 0.15) is 10.8 Å². The van der Waals surface area contributed by atoms with Crippen LogP contribution in [-0.2, 0) is 9.59 Å². The maximum atomic E-state index is 12.5. The molecule has 1 aliphatic heterocycles. The number of carbonyl (C=O) groups excluding carboxylic acids is 2. The highest BCUT2D eigenvalue weighted by molar-refractivity contribution is 8.00. The summed E-state index contributed by atoms with van der Waals surface area (Å²) in [6, 6.07) is 8.62. The number of anilines is 1. The van der Waals surface area contributed by atoms with Crippen molar-refractivity contribution in [2.45, 2.75) is 16.7 Å². The summed E-state index contributed by atoms with van der Waals surface area (Å²) < 4.78 is 0. The molecule has 24 heavy (non-hydrogen) atoms. The van der Waals surface area contributed by atoms with Crippen LogP contribution in [0.3, 0.4) is 0 Å². The predicted molar refractivity (Wildman–Crippen MR) is 86.1 cm³/mol. The number of rotatable bonds is 4. The summed E-state index contributed by atoms with van der Waals surface area (Å²) in [4.78, 5) is 41.0. The first-order valence-electron chi connectivity index (χ1n) is 6.98. The Balaban J connectivity index is 1.85. The normalized spacial score (nSPS) is 17.3. The average molecular weight is 344 g/mol. The molecule has 1 aliphatic rings. The van der Waals surface area contributed by atoms with Gasteiger partial charge in [-0.2, -0.15) is 0 Å². The Labute approximate surface area is 140 Å². The second-order valence-electron chi connectivity index (χ2n) is 5.06. The first-order chi connectivity index (χ1) is 11.5. The molecule has 0 saturated carbocycles. The van der Waals surface area contributed by atoms with Crippen LogP contribution in [0, 0.1) is 0 Å². The lowest BCUT2D eigenvalue weighted by Gasteiger charge is -2.15. The number of hydrogen-bond acceptors (Lipinski definition) is 6. The standard InChI is InChI=1S/C16H12N2O5S/c19-10-5-3-9(4-6-10)18-13(20)8-12(15(18)21)24-14-11(16(22)23)2-1-7-17-14/h1-7,12,19H,8H2,(H,22,23)/t12-/m1/s1. The average Bonchev–Trinajstić information content (AvgIpc) is 2.83. The highest BCUT2D eigenvalue weighted by Crippen LogP contribution is 2.34. The summed E-state index contributed by atoms with van der Waals surface area (Å²) in [6.45, 7) is 0. The molecule has 1 aromatic carbocycles. The number of nitrogens with zero attached hydrogens (tertiary/aromatic N) is 2. The second kappa shape index (κ2) is 6.32. The van der Waals surface area contributed by atoms with E-state index in [4.69, 9.17) is 0 Å². The molecule has 8 heteroatoms. The number of carboxylic acid groups (broad SMARTS) is 1. The fourth-order valence-corrected chi connectivity index (χ4v) is 3.46. The van der Waals surface area contributed by atoms with Crippen molar-refractivity contribution in [2.24, 2.45) is 0 Å². The largest absolute Gasteiger partial charge is 0.508 e. The second-order valence-corrected chi connectivity index (χ2v) is 6.25. The Kier molecular flexibility index (Phi) is 4.22. The molecule has 0 spiro atoms. The lowest BCUT2D eigenvalue weighted by molar-refractivity contribution is -0.121. The number of phenols is 1. The van der Waals surface area contributed by atoms with Crippen LogP contribution in [0.4, 0.5) is 5.69 Å². The van der Waals surface area contributed by atoms with Crippen molar-refractivity contribution in [2.75, 3.05) is 4.90 Å². The summed E-state index contributed by atoms with van der Waals surface area (Å²) in [5.41, 5.74) is 0.358. The Morgan fingerprint density at radius 2 is 1.92 bits per heavy atom. The van der Waals surface area contributed by atoms with Crippen LogP contribution in [0.2, 0.25) is 0 Å². The fourth-order valence-electron chi connectivity index (χ4n) is 2.35. The van der Waals surface area contributed by atoms with E-state index >= 15 is 0 Å². The van der Waals surface area contributed by atoms with Crippen molar-refractivity contribution in [1.82, 2.24) is 4.98 Å². The van der Waals surface area contributed by atoms with Gasteiger partial charge in [-0.15, -0.1) is 0 Å². The number of amides is 2. The molecule has 0 aliphatic carbocycles. The zero-order valence-electron chi connectivity index (χ0n) is 12.2. The van der Waals surface area contributed by atoms with Crippen molar-refractivity contribution in [3.05, 3.63) is 48.2 Å². The van der Waals surface area contributed by atoms with Crippen LogP contribution in [0.5, 0.6) is 5.75 Å². The minimum atomic E-state index is -1.14. The lowest BCUT2D eigenvalue weighted by atomic mass is 10.3. The molecule has 2 heterocycles. The zero-order chi connectivity index (χ0) is 17.3. The third-order valence-corrected chi connectivity index (χ3v) is 4.67. The third-order valence-electron chi connectivity index (χ3n) is 3.47. The Bertz CT molecular complexity index is 821. The van der Waals surface area contributed by atoms with Gasteiger partial charge in [0.2, 0.25) is 11.8 Å². The van der Waals surface area contributed by atoms with Gasteiger partial charge in [0.25, 0.3) is 0 Å². The SMILES string of the molecule is O=C(O)c1cccnc1S[C@@H]1CC(=O)N(c2ccc(O)cc2)C1=O. The summed E-state index contributed by atoms with van der Waals surface area (Å²) >= 11 is 0.966. The maximum Gasteiger partial charge on any atom is 0.338 e. The minimum absolute atomic E-state index is 0.00849. The number of aromatic hydroxyl groups is 1. The van der Waals surface area contributed by atoms with Gasteiger partial charge in [0.15, 0.2) is 0 Å². The molecule has 1 saturated heterocycles. The third kappa shape index (κ3) is 2.95. The minimum Gasteiger partial charge on any atom is -0.508 e. The monoisotopic (exact) mass is 344 g/mol. The molecule has 0 bridgehead atoms. The van der Waals surface area contributed by atoms with E-state index in [0.717, 1.165) is 16.7 Å². The number of carboxylic acids is 1. The van der Waals surface area contributed by atoms with Gasteiger partial charge in [-0.3, -0.25) is 9.59 Å². The van der Waals surface area contributed by atoms with Gasteiger partial charge < -0.3 is 10.2 Å². The van der Waals surface area contributed by atoms with Gasteiger partial charge >= 0.3 is 5.97 Å². The Morgan fingerprint density at radius 3 is 2.58 bits per heavy atom. The molecule has 2 amide bonds. The molecule has 3 rings (SSSR count). The smallest absolute Gasteiger partial charge is 0.338 e. The first kappa shape index (κ1) is 16.0. The van der Waals surface area contributed by atoms with Gasteiger partial charge in [-0.25, -0.2) is 14.7 Å². The van der Waals surface area contributed by atoms with E-state index in [1.807, 2.05) is 0 Å². The van der Waals surface area contributed by atoms with E-state index in [9.17, 15) is 24.6 Å². The number of phenolic OH excluding ortho intramolecular Hbond substituents is 1. The van der Waals surface area contributed by atoms with E-state index in [2.05, 4.69) is 4.98 Å². The van der Waals surface area contributed by atoms with Crippen LogP contribution >= 0.6 is 11.8 Å². The number of thioether (sulfide) groups is 1. The number of aromatic carboxylic acids is 1. The van der Waals surface area contributed by atoms with Crippen molar-refractivity contribution in [3.8, 4) is 5.75 Å². The zero-order valence-corrected chi connectivity index (χ0v) is 13.1. The van der Waals surface area contributed by atoms with Crippen LogP contribution in [0.15, 0.2) is 47.6 Å². The van der Waals surface area contributed by atoms with E-state index in [1.165, 1.54) is 42.6 Å². The van der Waals surface area contributed by atoms with Crippen LogP contribution < -0.4 is 4.90 Å². The molecule has 1 fully saturated rings. The summed E-state index contributed by atoms with van der Waals surface area (Å²) in [7, 11) is 0. The number of hydrogen-bond donors (Lipinski definition) is 2. The molecule has 2 aromatic rings. The Morgan fingerprint density at radius 1 is 1.21 bits per heavy atom. The van der Waals surface area contributed by atoms with Gasteiger partial charge in [-0.05, 0) is 36.4 Å². The molecule has 1 atom stereocenters. The van der Waals surface area contributed by atoms with Crippen molar-refractivity contribution >= 4 is 35.2 Å². The first-order valence-corrected chi connectivity index (χ1v) is 7.86. The quantitative estimate of drug-likeness (QED) is 0.816. The molecule has 7 nitrogen and oxygen atoms in total. The van der Waals surface area contributed by atoms with Gasteiger partial charge in [0.05, 0.1) is 16.5 Å². The number of carbonyl (C=O) groups is 3. The summed E-state index contributed by atoms with van der Waals surface area (Å²) in [6.07, 6.45) is 1.40. The molecular weight excluding hydrogens is 332 g/mol. The number of aromatic nitrogens is 1. The topological polar surface area (TPSA) is 108 Å². The molecular formula is C16H12N2O5S. The van der Waals surface area contributed by atoms with Crippen LogP contribution in [0.1, 0.15) is 16.8 Å². The van der Waals surface area contributed by atoms with E-state index in [1.54, 1.807) is 0 Å². The number of pyridine rings is 1. The predicted octanol–water partition coefficient (Wildman–Crippen LogP) is 1.91. The summed E-state index contributed by atoms with van der Waals surface area (Å²) in [5, 5.41) is 17.9. The van der Waals surface area contributed by atoms with E-state index in [0.29, 0.717) is 5.69 Å². The van der Waals surface area contributed by atoms with Crippen LogP contribution in [-0.4, -0.2) is 38.2 Å². The van der Waals surface area contributed by atoms with Crippen molar-refractivity contribution in [3.63, 3.8) is 0 Å².